The predicted octanol–water partition coefficient (Wildman–Crippen LogP) is 5.22. The molecule has 2 atom stereocenters. The lowest BCUT2D eigenvalue weighted by molar-refractivity contribution is 0.314. The lowest BCUT2D eigenvalue weighted by Gasteiger charge is -2.27. The van der Waals surface area contributed by atoms with Gasteiger partial charge in [0, 0.05) is 17.1 Å². The summed E-state index contributed by atoms with van der Waals surface area (Å²) in [6, 6.07) is 9.40. The first-order chi connectivity index (χ1) is 9.65. The zero-order valence-corrected chi connectivity index (χ0v) is 13.6. The van der Waals surface area contributed by atoms with Gasteiger partial charge in [0.1, 0.15) is 0 Å². The van der Waals surface area contributed by atoms with Gasteiger partial charge >= 0.3 is 0 Å². The molecule has 1 unspecified atom stereocenters. The number of hydrogen-bond donors (Lipinski definition) is 1. The molecule has 1 nitrogen and oxygen atoms in total. The highest BCUT2D eigenvalue weighted by atomic mass is 35.5. The highest BCUT2D eigenvalue weighted by Crippen LogP contribution is 2.25. The number of halogens is 1. The van der Waals surface area contributed by atoms with Crippen molar-refractivity contribution in [1.82, 2.24) is 5.32 Å². The molecule has 0 radical (unpaired) electrons. The number of rotatable bonds is 5. The molecule has 0 amide bonds. The van der Waals surface area contributed by atoms with Crippen LogP contribution >= 0.6 is 11.6 Å². The summed E-state index contributed by atoms with van der Waals surface area (Å²) in [5.74, 6) is 0.866. The normalized spacial score (nSPS) is 20.4. The van der Waals surface area contributed by atoms with Gasteiger partial charge in [-0.25, -0.2) is 0 Å². The molecule has 1 fully saturated rings. The van der Waals surface area contributed by atoms with Crippen LogP contribution in [0.1, 0.15) is 57.9 Å². The minimum atomic E-state index is 0.523. The van der Waals surface area contributed by atoms with Gasteiger partial charge in [0.05, 0.1) is 0 Å². The van der Waals surface area contributed by atoms with E-state index in [-0.39, 0.29) is 0 Å². The van der Waals surface area contributed by atoms with Crippen molar-refractivity contribution in [2.45, 2.75) is 70.9 Å². The maximum atomic E-state index is 5.93. The second kappa shape index (κ2) is 8.05. The first kappa shape index (κ1) is 15.9. The predicted molar refractivity (Wildman–Crippen MR) is 88.4 cm³/mol. The van der Waals surface area contributed by atoms with E-state index in [1.807, 2.05) is 12.1 Å². The van der Waals surface area contributed by atoms with Gasteiger partial charge in [-0.15, -0.1) is 0 Å². The van der Waals surface area contributed by atoms with Gasteiger partial charge in [0.2, 0.25) is 0 Å². The van der Waals surface area contributed by atoms with Crippen LogP contribution in [0, 0.1) is 5.92 Å². The molecule has 0 aromatic heterocycles. The van der Waals surface area contributed by atoms with Gasteiger partial charge in [0.25, 0.3) is 0 Å². The topological polar surface area (TPSA) is 12.0 Å². The molecule has 1 saturated carbocycles. The molecular weight excluding hydrogens is 266 g/mol. The van der Waals surface area contributed by atoms with E-state index in [2.05, 4.69) is 31.3 Å². The van der Waals surface area contributed by atoms with E-state index in [0.29, 0.717) is 12.1 Å². The summed E-state index contributed by atoms with van der Waals surface area (Å²) in [5.41, 5.74) is 1.36. The highest BCUT2D eigenvalue weighted by molar-refractivity contribution is 6.30. The van der Waals surface area contributed by atoms with E-state index >= 15 is 0 Å². The number of nitrogens with one attached hydrogen (secondary N) is 1. The average molecular weight is 294 g/mol. The van der Waals surface area contributed by atoms with Crippen molar-refractivity contribution in [1.29, 1.82) is 0 Å². The van der Waals surface area contributed by atoms with Crippen molar-refractivity contribution in [3.05, 3.63) is 34.9 Å². The zero-order chi connectivity index (χ0) is 14.4. The Hall–Kier alpha value is -0.530. The van der Waals surface area contributed by atoms with Crippen molar-refractivity contribution >= 4 is 11.6 Å². The van der Waals surface area contributed by atoms with Gasteiger partial charge in [-0.1, -0.05) is 49.4 Å². The molecule has 1 aliphatic rings. The fourth-order valence-corrected chi connectivity index (χ4v) is 3.55. The first-order valence-electron chi connectivity index (χ1n) is 8.15. The van der Waals surface area contributed by atoms with E-state index in [1.165, 1.54) is 44.1 Å². The fraction of sp³-hybridized carbons (Fsp3) is 0.667. The Balaban J connectivity index is 1.80. The molecule has 2 heteroatoms. The quantitative estimate of drug-likeness (QED) is 0.734. The standard InChI is InChI=1S/C18H28ClN/c1-14(13-16-9-11-18(19)12-10-16)20-15(2)17-7-5-3-4-6-8-17/h9-12,14-15,17,20H,3-8,13H2,1-2H3/t14?,15-/m1/s1. The van der Waals surface area contributed by atoms with Gasteiger partial charge in [-0.2, -0.15) is 0 Å². The Morgan fingerprint density at radius 2 is 1.65 bits per heavy atom. The Labute approximate surface area is 129 Å². The second-order valence-corrected chi connectivity index (χ2v) is 6.88. The van der Waals surface area contributed by atoms with Crippen LogP contribution in [0.25, 0.3) is 0 Å². The average Bonchev–Trinajstić information content (AvgIpc) is 2.70. The van der Waals surface area contributed by atoms with Gasteiger partial charge in [0.15, 0.2) is 0 Å². The Bertz CT molecular complexity index is 379. The molecule has 2 rings (SSSR count). The number of hydrogen-bond acceptors (Lipinski definition) is 1. The molecule has 0 saturated heterocycles. The van der Waals surface area contributed by atoms with Gasteiger partial charge in [-0.3, -0.25) is 0 Å². The number of benzene rings is 1. The van der Waals surface area contributed by atoms with Crippen molar-refractivity contribution in [2.24, 2.45) is 5.92 Å². The largest absolute Gasteiger partial charge is 0.311 e. The summed E-state index contributed by atoms with van der Waals surface area (Å²) in [4.78, 5) is 0. The van der Waals surface area contributed by atoms with E-state index < -0.39 is 0 Å². The van der Waals surface area contributed by atoms with E-state index in [1.54, 1.807) is 0 Å². The van der Waals surface area contributed by atoms with Crippen LogP contribution < -0.4 is 5.32 Å². The molecule has 0 heterocycles. The Morgan fingerprint density at radius 1 is 1.05 bits per heavy atom. The molecule has 0 aliphatic heterocycles. The molecule has 1 aliphatic carbocycles. The van der Waals surface area contributed by atoms with Crippen LogP contribution in [0.2, 0.25) is 5.02 Å². The third-order valence-corrected chi connectivity index (χ3v) is 4.86. The van der Waals surface area contributed by atoms with Crippen LogP contribution in [0.3, 0.4) is 0 Å². The molecule has 112 valence electrons. The lowest BCUT2D eigenvalue weighted by atomic mass is 9.92. The molecule has 1 N–H and O–H groups in total. The monoisotopic (exact) mass is 293 g/mol. The highest BCUT2D eigenvalue weighted by Gasteiger charge is 2.20. The summed E-state index contributed by atoms with van der Waals surface area (Å²) >= 11 is 5.93. The summed E-state index contributed by atoms with van der Waals surface area (Å²) in [6.07, 6.45) is 9.59. The zero-order valence-electron chi connectivity index (χ0n) is 12.9. The minimum Gasteiger partial charge on any atom is -0.311 e. The van der Waals surface area contributed by atoms with Crippen LogP contribution in [0.15, 0.2) is 24.3 Å². The van der Waals surface area contributed by atoms with Crippen LogP contribution in [-0.4, -0.2) is 12.1 Å². The molecule has 0 spiro atoms. The summed E-state index contributed by atoms with van der Waals surface area (Å²) in [6.45, 7) is 4.66. The third kappa shape index (κ3) is 5.10. The van der Waals surface area contributed by atoms with Crippen LogP contribution in [-0.2, 0) is 6.42 Å². The minimum absolute atomic E-state index is 0.523. The van der Waals surface area contributed by atoms with Crippen molar-refractivity contribution < 1.29 is 0 Å². The summed E-state index contributed by atoms with van der Waals surface area (Å²) in [7, 11) is 0. The van der Waals surface area contributed by atoms with E-state index in [0.717, 1.165) is 17.4 Å². The maximum Gasteiger partial charge on any atom is 0.0406 e. The maximum absolute atomic E-state index is 5.93. The molecule has 0 bridgehead atoms. The summed E-state index contributed by atoms with van der Waals surface area (Å²) in [5, 5.41) is 4.63. The van der Waals surface area contributed by atoms with Crippen LogP contribution in [0.5, 0.6) is 0 Å². The Morgan fingerprint density at radius 3 is 2.25 bits per heavy atom. The van der Waals surface area contributed by atoms with Gasteiger partial charge in [-0.05, 0) is 56.7 Å². The van der Waals surface area contributed by atoms with Crippen molar-refractivity contribution in [2.75, 3.05) is 0 Å². The van der Waals surface area contributed by atoms with Gasteiger partial charge < -0.3 is 5.32 Å². The molecule has 20 heavy (non-hydrogen) atoms. The fourth-order valence-electron chi connectivity index (χ4n) is 3.43. The van der Waals surface area contributed by atoms with E-state index in [9.17, 15) is 0 Å². The molecule has 1 aromatic carbocycles. The first-order valence-corrected chi connectivity index (χ1v) is 8.53. The smallest absolute Gasteiger partial charge is 0.0406 e. The van der Waals surface area contributed by atoms with Crippen molar-refractivity contribution in [3.63, 3.8) is 0 Å². The summed E-state index contributed by atoms with van der Waals surface area (Å²) < 4.78 is 0. The van der Waals surface area contributed by atoms with Crippen LogP contribution in [0.4, 0.5) is 0 Å². The Kier molecular flexibility index (Phi) is 6.38. The lowest BCUT2D eigenvalue weighted by Crippen LogP contribution is -2.40. The SMILES string of the molecule is CC(Cc1ccc(Cl)cc1)N[C@H](C)C1CCCCCC1. The third-order valence-electron chi connectivity index (χ3n) is 4.61. The van der Waals surface area contributed by atoms with E-state index in [4.69, 9.17) is 11.6 Å². The second-order valence-electron chi connectivity index (χ2n) is 6.44. The molecule has 1 aromatic rings. The van der Waals surface area contributed by atoms with Crippen molar-refractivity contribution in [3.8, 4) is 0 Å². The molecular formula is C18H28ClN.